The van der Waals surface area contributed by atoms with Crippen molar-refractivity contribution < 1.29 is 19.4 Å². The standard InChI is InChI=1S/C15H24N2O4/c1-15(21-9-13(18)19)10-17(11-15)14(20)16-8-7-12-5-3-2-4-6-12/h5H,2-4,6-11H2,1H3,(H,16,20)(H,18,19). The van der Waals surface area contributed by atoms with Crippen LogP contribution in [0.15, 0.2) is 11.6 Å². The van der Waals surface area contributed by atoms with Crippen LogP contribution < -0.4 is 5.32 Å². The fourth-order valence-corrected chi connectivity index (χ4v) is 2.81. The lowest BCUT2D eigenvalue weighted by Gasteiger charge is -2.47. The number of hydrogen-bond donors (Lipinski definition) is 2. The molecule has 0 aromatic rings. The lowest BCUT2D eigenvalue weighted by atomic mass is 9.96. The van der Waals surface area contributed by atoms with E-state index in [0.29, 0.717) is 19.6 Å². The number of nitrogens with one attached hydrogen (secondary N) is 1. The van der Waals surface area contributed by atoms with Crippen molar-refractivity contribution in [2.75, 3.05) is 26.2 Å². The number of carboxylic acid groups (broad SMARTS) is 1. The molecule has 2 aliphatic rings. The van der Waals surface area contributed by atoms with E-state index in [2.05, 4.69) is 11.4 Å². The molecule has 0 atom stereocenters. The maximum absolute atomic E-state index is 11.9. The Morgan fingerprint density at radius 2 is 2.19 bits per heavy atom. The first kappa shape index (κ1) is 15.8. The van der Waals surface area contributed by atoms with Gasteiger partial charge in [0.15, 0.2) is 0 Å². The zero-order valence-corrected chi connectivity index (χ0v) is 12.6. The zero-order chi connectivity index (χ0) is 15.3. The van der Waals surface area contributed by atoms with Gasteiger partial charge in [0.05, 0.1) is 13.1 Å². The van der Waals surface area contributed by atoms with Crippen LogP contribution in [0.25, 0.3) is 0 Å². The van der Waals surface area contributed by atoms with Crippen LogP contribution in [0.3, 0.4) is 0 Å². The fourth-order valence-electron chi connectivity index (χ4n) is 2.81. The van der Waals surface area contributed by atoms with Crippen molar-refractivity contribution in [1.82, 2.24) is 10.2 Å². The molecule has 2 N–H and O–H groups in total. The van der Waals surface area contributed by atoms with Gasteiger partial charge in [-0.2, -0.15) is 0 Å². The molecule has 6 heteroatoms. The van der Waals surface area contributed by atoms with E-state index >= 15 is 0 Å². The molecule has 2 amide bonds. The van der Waals surface area contributed by atoms with Crippen molar-refractivity contribution in [2.45, 2.75) is 44.6 Å². The third-order valence-electron chi connectivity index (χ3n) is 3.99. The molecule has 0 unspecified atom stereocenters. The molecule has 0 bridgehead atoms. The summed E-state index contributed by atoms with van der Waals surface area (Å²) >= 11 is 0. The van der Waals surface area contributed by atoms with Gasteiger partial charge in [0.1, 0.15) is 12.2 Å². The fraction of sp³-hybridized carbons (Fsp3) is 0.733. The van der Waals surface area contributed by atoms with Crippen molar-refractivity contribution in [1.29, 1.82) is 0 Å². The van der Waals surface area contributed by atoms with Crippen LogP contribution in [0.4, 0.5) is 4.79 Å². The van der Waals surface area contributed by atoms with Crippen molar-refractivity contribution in [3.8, 4) is 0 Å². The minimum atomic E-state index is -0.986. The Morgan fingerprint density at radius 3 is 2.81 bits per heavy atom. The van der Waals surface area contributed by atoms with E-state index in [-0.39, 0.29) is 12.6 Å². The topological polar surface area (TPSA) is 78.9 Å². The number of urea groups is 1. The number of hydrogen-bond acceptors (Lipinski definition) is 3. The predicted octanol–water partition coefficient (Wildman–Crippen LogP) is 1.76. The third kappa shape index (κ3) is 4.74. The molecule has 0 aromatic heterocycles. The van der Waals surface area contributed by atoms with Gasteiger partial charge in [-0.1, -0.05) is 11.6 Å². The largest absolute Gasteiger partial charge is 0.480 e. The molecule has 0 saturated carbocycles. The van der Waals surface area contributed by atoms with Gasteiger partial charge in [0, 0.05) is 6.54 Å². The molecule has 21 heavy (non-hydrogen) atoms. The summed E-state index contributed by atoms with van der Waals surface area (Å²) in [5, 5.41) is 11.5. The molecular weight excluding hydrogens is 272 g/mol. The first-order valence-corrected chi connectivity index (χ1v) is 7.55. The Labute approximate surface area is 125 Å². The molecule has 0 aromatic carbocycles. The molecule has 2 rings (SSSR count). The lowest BCUT2D eigenvalue weighted by molar-refractivity contribution is -0.159. The van der Waals surface area contributed by atoms with Gasteiger partial charge in [-0.25, -0.2) is 9.59 Å². The van der Waals surface area contributed by atoms with Crippen molar-refractivity contribution in [3.63, 3.8) is 0 Å². The molecular formula is C15H24N2O4. The molecule has 1 aliphatic carbocycles. The number of ether oxygens (including phenoxy) is 1. The monoisotopic (exact) mass is 296 g/mol. The Morgan fingerprint density at radius 1 is 1.43 bits per heavy atom. The number of rotatable bonds is 6. The number of allylic oxidation sites excluding steroid dienone is 1. The van der Waals surface area contributed by atoms with E-state index < -0.39 is 11.6 Å². The first-order valence-electron chi connectivity index (χ1n) is 7.55. The molecule has 1 fully saturated rings. The molecule has 1 heterocycles. The number of likely N-dealkylation sites (tertiary alicyclic amines) is 1. The van der Waals surface area contributed by atoms with E-state index in [9.17, 15) is 9.59 Å². The van der Waals surface area contributed by atoms with Crippen LogP contribution in [0.1, 0.15) is 39.0 Å². The smallest absolute Gasteiger partial charge is 0.329 e. The first-order chi connectivity index (χ1) is 9.98. The summed E-state index contributed by atoms with van der Waals surface area (Å²) in [5.41, 5.74) is 0.918. The summed E-state index contributed by atoms with van der Waals surface area (Å²) in [7, 11) is 0. The molecule has 118 valence electrons. The highest BCUT2D eigenvalue weighted by molar-refractivity contribution is 5.75. The number of nitrogens with zero attached hydrogens (tertiary/aromatic N) is 1. The molecule has 0 spiro atoms. The molecule has 1 saturated heterocycles. The number of carbonyl (C=O) groups excluding carboxylic acids is 1. The number of carbonyl (C=O) groups is 2. The van der Waals surface area contributed by atoms with Crippen molar-refractivity contribution in [3.05, 3.63) is 11.6 Å². The van der Waals surface area contributed by atoms with Crippen LogP contribution in [0, 0.1) is 0 Å². The van der Waals surface area contributed by atoms with Crippen molar-refractivity contribution in [2.24, 2.45) is 0 Å². The van der Waals surface area contributed by atoms with E-state index in [0.717, 1.165) is 19.3 Å². The normalized spacial score (nSPS) is 20.4. The van der Waals surface area contributed by atoms with E-state index in [4.69, 9.17) is 9.84 Å². The number of carboxylic acids is 1. The highest BCUT2D eigenvalue weighted by Crippen LogP contribution is 2.24. The quantitative estimate of drug-likeness (QED) is 0.732. The Bertz CT molecular complexity index is 427. The average molecular weight is 296 g/mol. The lowest BCUT2D eigenvalue weighted by Crippen LogP contribution is -2.65. The SMILES string of the molecule is CC1(OCC(=O)O)CN(C(=O)NCCC2=CCCCC2)C1. The van der Waals surface area contributed by atoms with Gasteiger partial charge in [0.2, 0.25) is 0 Å². The number of aliphatic carboxylic acids is 1. The molecule has 0 radical (unpaired) electrons. The second kappa shape index (κ2) is 6.93. The summed E-state index contributed by atoms with van der Waals surface area (Å²) in [6.45, 7) is 3.05. The maximum Gasteiger partial charge on any atom is 0.329 e. The van der Waals surface area contributed by atoms with Crippen LogP contribution in [0.2, 0.25) is 0 Å². The van der Waals surface area contributed by atoms with Crippen LogP contribution in [0.5, 0.6) is 0 Å². The maximum atomic E-state index is 11.9. The van der Waals surface area contributed by atoms with Gasteiger partial charge in [-0.05, 0) is 39.0 Å². The Balaban J connectivity index is 1.62. The van der Waals surface area contributed by atoms with Crippen LogP contribution >= 0.6 is 0 Å². The van der Waals surface area contributed by atoms with Crippen molar-refractivity contribution >= 4 is 12.0 Å². The Hall–Kier alpha value is -1.56. The highest BCUT2D eigenvalue weighted by Gasteiger charge is 2.42. The summed E-state index contributed by atoms with van der Waals surface area (Å²) < 4.78 is 5.28. The molecule has 1 aliphatic heterocycles. The second-order valence-electron chi connectivity index (χ2n) is 6.08. The molecule has 6 nitrogen and oxygen atoms in total. The average Bonchev–Trinajstić information content (AvgIpc) is 2.43. The van der Waals surface area contributed by atoms with E-state index in [1.807, 2.05) is 6.92 Å². The summed E-state index contributed by atoms with van der Waals surface area (Å²) in [5.74, 6) is -0.986. The van der Waals surface area contributed by atoms with Gasteiger partial charge in [-0.15, -0.1) is 0 Å². The van der Waals surface area contributed by atoms with E-state index in [1.165, 1.54) is 18.4 Å². The third-order valence-corrected chi connectivity index (χ3v) is 3.99. The van der Waals surface area contributed by atoms with Gasteiger partial charge < -0.3 is 20.1 Å². The predicted molar refractivity (Wildman–Crippen MR) is 78.1 cm³/mol. The van der Waals surface area contributed by atoms with Crippen LogP contribution in [-0.4, -0.2) is 53.8 Å². The van der Waals surface area contributed by atoms with Gasteiger partial charge in [-0.3, -0.25) is 0 Å². The second-order valence-corrected chi connectivity index (χ2v) is 6.08. The summed E-state index contributed by atoms with van der Waals surface area (Å²) in [6.07, 6.45) is 8.06. The summed E-state index contributed by atoms with van der Waals surface area (Å²) in [4.78, 5) is 24.0. The minimum Gasteiger partial charge on any atom is -0.480 e. The summed E-state index contributed by atoms with van der Waals surface area (Å²) in [6, 6.07) is -0.0946. The van der Waals surface area contributed by atoms with Crippen LogP contribution in [-0.2, 0) is 9.53 Å². The highest BCUT2D eigenvalue weighted by atomic mass is 16.5. The Kier molecular flexibility index (Phi) is 5.22. The van der Waals surface area contributed by atoms with Gasteiger partial charge >= 0.3 is 12.0 Å². The zero-order valence-electron chi connectivity index (χ0n) is 12.6. The number of amides is 2. The minimum absolute atomic E-state index is 0.0946. The van der Waals surface area contributed by atoms with Gasteiger partial charge in [0.25, 0.3) is 0 Å². The van der Waals surface area contributed by atoms with E-state index in [1.54, 1.807) is 4.90 Å².